The summed E-state index contributed by atoms with van der Waals surface area (Å²) in [4.78, 5) is 28.1. The second-order valence-electron chi connectivity index (χ2n) is 9.25. The van der Waals surface area contributed by atoms with E-state index in [4.69, 9.17) is 9.51 Å². The molecule has 1 amide bonds. The normalized spacial score (nSPS) is 11.5. The molecule has 180 valence electrons. The van der Waals surface area contributed by atoms with Gasteiger partial charge in [0.15, 0.2) is 5.76 Å². The van der Waals surface area contributed by atoms with E-state index in [2.05, 4.69) is 32.6 Å². The van der Waals surface area contributed by atoms with Crippen LogP contribution in [-0.4, -0.2) is 52.1 Å². The van der Waals surface area contributed by atoms with Crippen molar-refractivity contribution in [3.8, 4) is 34.0 Å². The monoisotopic (exact) mass is 470 g/mol. The molecule has 0 bridgehead atoms. The molecule has 8 nitrogen and oxygen atoms in total. The Morgan fingerprint density at radius 1 is 1.03 bits per heavy atom. The van der Waals surface area contributed by atoms with Crippen LogP contribution in [0.1, 0.15) is 30.8 Å². The number of aromatic nitrogens is 4. The molecule has 0 aliphatic carbocycles. The number of nitrogens with zero attached hydrogens (tertiary/aromatic N) is 5. The molecule has 0 unspecified atom stereocenters. The summed E-state index contributed by atoms with van der Waals surface area (Å²) in [5, 5.41) is 7.40. The number of likely N-dealkylation sites (N-methyl/N-ethyl adjacent to an activating group) is 1. The standard InChI is InChI=1S/C27H30N6O2/c1-17-25(23-14-21(32-35-23)19-9-7-18(8-10-19)15-28-4)31-22(16-30-17)20-11-12-29-24(13-20)27(2,3)26(34)33(5)6/h7-14,16,28H,15H2,1-6H3. The van der Waals surface area contributed by atoms with Gasteiger partial charge in [-0.1, -0.05) is 29.4 Å². The number of benzene rings is 1. The van der Waals surface area contributed by atoms with Gasteiger partial charge in [-0.2, -0.15) is 0 Å². The first-order chi connectivity index (χ1) is 16.7. The first-order valence-electron chi connectivity index (χ1n) is 11.4. The summed E-state index contributed by atoms with van der Waals surface area (Å²) in [6.45, 7) is 6.44. The van der Waals surface area contributed by atoms with Crippen molar-refractivity contribution < 1.29 is 9.32 Å². The average molecular weight is 471 g/mol. The van der Waals surface area contributed by atoms with Crippen molar-refractivity contribution in [2.24, 2.45) is 0 Å². The van der Waals surface area contributed by atoms with Gasteiger partial charge in [0.1, 0.15) is 11.4 Å². The van der Waals surface area contributed by atoms with Crippen LogP contribution in [0.25, 0.3) is 34.0 Å². The lowest BCUT2D eigenvalue weighted by atomic mass is 9.86. The van der Waals surface area contributed by atoms with E-state index in [1.807, 2.05) is 58.2 Å². The maximum atomic E-state index is 12.7. The summed E-state index contributed by atoms with van der Waals surface area (Å²) >= 11 is 0. The highest BCUT2D eigenvalue weighted by molar-refractivity contribution is 5.86. The highest BCUT2D eigenvalue weighted by Crippen LogP contribution is 2.30. The van der Waals surface area contributed by atoms with Crippen molar-refractivity contribution in [3.05, 3.63) is 71.8 Å². The third kappa shape index (κ3) is 4.97. The van der Waals surface area contributed by atoms with Crippen molar-refractivity contribution in [1.82, 2.24) is 30.3 Å². The van der Waals surface area contributed by atoms with Gasteiger partial charge in [0.05, 0.1) is 28.7 Å². The molecular formula is C27H30N6O2. The minimum absolute atomic E-state index is 0.0222. The Balaban J connectivity index is 1.66. The Bertz CT molecular complexity index is 1340. The molecule has 0 atom stereocenters. The van der Waals surface area contributed by atoms with Gasteiger partial charge in [0, 0.05) is 44.0 Å². The Labute approximate surface area is 205 Å². The fourth-order valence-electron chi connectivity index (χ4n) is 3.94. The molecule has 8 heteroatoms. The van der Waals surface area contributed by atoms with E-state index in [0.29, 0.717) is 22.8 Å². The van der Waals surface area contributed by atoms with Crippen LogP contribution in [0.15, 0.2) is 59.4 Å². The van der Waals surface area contributed by atoms with Crippen molar-refractivity contribution in [1.29, 1.82) is 0 Å². The van der Waals surface area contributed by atoms with Crippen LogP contribution in [-0.2, 0) is 16.8 Å². The van der Waals surface area contributed by atoms with Crippen LogP contribution >= 0.6 is 0 Å². The molecule has 1 aromatic carbocycles. The summed E-state index contributed by atoms with van der Waals surface area (Å²) in [6, 6.07) is 13.8. The average Bonchev–Trinajstić information content (AvgIpc) is 3.34. The smallest absolute Gasteiger partial charge is 0.233 e. The van der Waals surface area contributed by atoms with E-state index >= 15 is 0 Å². The first-order valence-corrected chi connectivity index (χ1v) is 11.4. The van der Waals surface area contributed by atoms with Crippen molar-refractivity contribution in [2.75, 3.05) is 21.1 Å². The maximum Gasteiger partial charge on any atom is 0.233 e. The predicted octanol–water partition coefficient (Wildman–Crippen LogP) is 4.25. The van der Waals surface area contributed by atoms with Crippen molar-refractivity contribution >= 4 is 5.91 Å². The van der Waals surface area contributed by atoms with Crippen molar-refractivity contribution in [2.45, 2.75) is 32.7 Å². The second kappa shape index (κ2) is 9.76. The zero-order chi connectivity index (χ0) is 25.2. The minimum Gasteiger partial charge on any atom is -0.354 e. The van der Waals surface area contributed by atoms with Gasteiger partial charge in [-0.25, -0.2) is 4.98 Å². The molecule has 3 aromatic heterocycles. The molecule has 0 aliphatic heterocycles. The van der Waals surface area contributed by atoms with Crippen LogP contribution in [0, 0.1) is 6.92 Å². The molecule has 1 N–H and O–H groups in total. The molecule has 0 saturated carbocycles. The molecule has 0 saturated heterocycles. The van der Waals surface area contributed by atoms with E-state index in [-0.39, 0.29) is 5.91 Å². The van der Waals surface area contributed by atoms with Gasteiger partial charge in [-0.15, -0.1) is 0 Å². The second-order valence-corrected chi connectivity index (χ2v) is 9.25. The lowest BCUT2D eigenvalue weighted by molar-refractivity contribution is -0.133. The number of carbonyl (C=O) groups is 1. The van der Waals surface area contributed by atoms with Gasteiger partial charge in [0.25, 0.3) is 0 Å². The van der Waals surface area contributed by atoms with E-state index in [1.54, 1.807) is 31.4 Å². The van der Waals surface area contributed by atoms with Crippen LogP contribution in [0.5, 0.6) is 0 Å². The fraction of sp³-hybridized carbons (Fsp3) is 0.296. The number of carbonyl (C=O) groups excluding carboxylic acids is 1. The third-order valence-electron chi connectivity index (χ3n) is 5.97. The number of rotatable bonds is 7. The van der Waals surface area contributed by atoms with Crippen LogP contribution in [0.2, 0.25) is 0 Å². The van der Waals surface area contributed by atoms with E-state index in [9.17, 15) is 4.79 Å². The molecule has 4 aromatic rings. The SMILES string of the molecule is CNCc1ccc(-c2cc(-c3nc(-c4ccnc(C(C)(C)C(=O)N(C)C)c4)cnc3C)on2)cc1. The van der Waals surface area contributed by atoms with Gasteiger partial charge in [-0.3, -0.25) is 14.8 Å². The number of pyridine rings is 1. The topological polar surface area (TPSA) is 97.0 Å². The molecule has 0 spiro atoms. The first kappa shape index (κ1) is 24.2. The number of hydrogen-bond donors (Lipinski definition) is 1. The molecule has 0 radical (unpaired) electrons. The summed E-state index contributed by atoms with van der Waals surface area (Å²) in [5.41, 5.74) is 5.63. The summed E-state index contributed by atoms with van der Waals surface area (Å²) < 4.78 is 5.66. The van der Waals surface area contributed by atoms with E-state index < -0.39 is 5.41 Å². The summed E-state index contributed by atoms with van der Waals surface area (Å²) in [6.07, 6.45) is 3.41. The van der Waals surface area contributed by atoms with Crippen LogP contribution in [0.3, 0.4) is 0 Å². The largest absolute Gasteiger partial charge is 0.354 e. The Morgan fingerprint density at radius 3 is 2.46 bits per heavy atom. The molecule has 0 fully saturated rings. The molecule has 3 heterocycles. The number of hydrogen-bond acceptors (Lipinski definition) is 7. The van der Waals surface area contributed by atoms with E-state index in [1.165, 1.54) is 5.56 Å². The lowest BCUT2D eigenvalue weighted by Crippen LogP contribution is -2.39. The van der Waals surface area contributed by atoms with E-state index in [0.717, 1.165) is 29.1 Å². The fourth-order valence-corrected chi connectivity index (χ4v) is 3.94. The lowest BCUT2D eigenvalue weighted by Gasteiger charge is -2.26. The Hall–Kier alpha value is -3.91. The number of aryl methyl sites for hydroxylation is 1. The third-order valence-corrected chi connectivity index (χ3v) is 5.97. The van der Waals surface area contributed by atoms with Crippen molar-refractivity contribution in [3.63, 3.8) is 0 Å². The highest BCUT2D eigenvalue weighted by Gasteiger charge is 2.33. The minimum atomic E-state index is -0.775. The Kier molecular flexibility index (Phi) is 6.75. The molecule has 35 heavy (non-hydrogen) atoms. The molecule has 0 aliphatic rings. The maximum absolute atomic E-state index is 12.7. The van der Waals surface area contributed by atoms with Gasteiger partial charge < -0.3 is 14.7 Å². The quantitative estimate of drug-likeness (QED) is 0.431. The van der Waals surface area contributed by atoms with Gasteiger partial charge in [-0.05, 0) is 45.5 Å². The van der Waals surface area contributed by atoms with Crippen LogP contribution in [0.4, 0.5) is 0 Å². The Morgan fingerprint density at radius 2 is 1.77 bits per heavy atom. The molecule has 4 rings (SSSR count). The van der Waals surface area contributed by atoms with Gasteiger partial charge in [0.2, 0.25) is 5.91 Å². The summed E-state index contributed by atoms with van der Waals surface area (Å²) in [7, 11) is 5.41. The van der Waals surface area contributed by atoms with Crippen LogP contribution < -0.4 is 5.32 Å². The number of nitrogens with one attached hydrogen (secondary N) is 1. The highest BCUT2D eigenvalue weighted by atomic mass is 16.5. The van der Waals surface area contributed by atoms with Gasteiger partial charge >= 0.3 is 0 Å². The molecular weight excluding hydrogens is 440 g/mol. The predicted molar refractivity (Wildman–Crippen MR) is 135 cm³/mol. The zero-order valence-corrected chi connectivity index (χ0v) is 21.0. The summed E-state index contributed by atoms with van der Waals surface area (Å²) in [5.74, 6) is 0.523. The number of amides is 1. The zero-order valence-electron chi connectivity index (χ0n) is 21.0.